The fraction of sp³-hybridized carbons (Fsp3) is 0.111. The highest BCUT2D eigenvalue weighted by atomic mass is 35.5. The molecule has 0 spiro atoms. The van der Waals surface area contributed by atoms with E-state index in [-0.39, 0.29) is 0 Å². The van der Waals surface area contributed by atoms with Crippen molar-refractivity contribution < 1.29 is 0 Å². The molecule has 0 unspecified atom stereocenters. The Balaban J connectivity index is 1.95. The van der Waals surface area contributed by atoms with Crippen molar-refractivity contribution in [3.8, 4) is 0 Å². The van der Waals surface area contributed by atoms with E-state index in [4.69, 9.17) is 11.6 Å². The summed E-state index contributed by atoms with van der Waals surface area (Å²) in [7, 11) is 0. The summed E-state index contributed by atoms with van der Waals surface area (Å²) in [4.78, 5) is 8.10. The van der Waals surface area contributed by atoms with Crippen molar-refractivity contribution in [2.24, 2.45) is 0 Å². The smallest absolute Gasteiger partial charge is 0.182 e. The number of nitrogens with one attached hydrogen (secondary N) is 1. The van der Waals surface area contributed by atoms with Gasteiger partial charge in [-0.2, -0.15) is 0 Å². The van der Waals surface area contributed by atoms with E-state index in [1.807, 2.05) is 11.4 Å². The number of nitrogens with zero attached hydrogens (tertiary/aromatic N) is 2. The van der Waals surface area contributed by atoms with Gasteiger partial charge < -0.3 is 5.32 Å². The Kier molecular flexibility index (Phi) is 2.96. The molecule has 2 aromatic heterocycles. The molecule has 14 heavy (non-hydrogen) atoms. The van der Waals surface area contributed by atoms with Gasteiger partial charge in [-0.25, -0.2) is 9.97 Å². The SMILES string of the molecule is Clc1ccc(CNc2nccs2)cn1. The van der Waals surface area contributed by atoms with E-state index in [1.165, 1.54) is 0 Å². The Labute approximate surface area is 90.8 Å². The first kappa shape index (κ1) is 9.43. The molecule has 0 radical (unpaired) electrons. The van der Waals surface area contributed by atoms with Gasteiger partial charge in [-0.3, -0.25) is 0 Å². The summed E-state index contributed by atoms with van der Waals surface area (Å²) in [5.41, 5.74) is 1.09. The minimum absolute atomic E-state index is 0.517. The van der Waals surface area contributed by atoms with Gasteiger partial charge in [0.2, 0.25) is 0 Å². The van der Waals surface area contributed by atoms with Crippen LogP contribution in [0.15, 0.2) is 29.9 Å². The third-order valence-electron chi connectivity index (χ3n) is 1.66. The van der Waals surface area contributed by atoms with E-state index in [2.05, 4.69) is 15.3 Å². The maximum absolute atomic E-state index is 5.67. The summed E-state index contributed by atoms with van der Waals surface area (Å²) in [5.74, 6) is 0. The van der Waals surface area contributed by atoms with Crippen molar-refractivity contribution in [1.82, 2.24) is 9.97 Å². The van der Waals surface area contributed by atoms with Gasteiger partial charge in [-0.15, -0.1) is 11.3 Å². The van der Waals surface area contributed by atoms with Crippen LogP contribution < -0.4 is 5.32 Å². The molecule has 3 nitrogen and oxygen atoms in total. The van der Waals surface area contributed by atoms with Gasteiger partial charge in [0.25, 0.3) is 0 Å². The van der Waals surface area contributed by atoms with Gasteiger partial charge >= 0.3 is 0 Å². The van der Waals surface area contributed by atoms with Crippen LogP contribution in [-0.2, 0) is 6.54 Å². The maximum atomic E-state index is 5.67. The van der Waals surface area contributed by atoms with Gasteiger partial charge in [0.05, 0.1) is 0 Å². The standard InChI is InChI=1S/C9H8ClN3S/c10-8-2-1-7(5-12-8)6-13-9-11-3-4-14-9/h1-5H,6H2,(H,11,13). The van der Waals surface area contributed by atoms with E-state index in [9.17, 15) is 0 Å². The molecule has 2 heterocycles. The molecule has 72 valence electrons. The lowest BCUT2D eigenvalue weighted by atomic mass is 10.3. The van der Waals surface area contributed by atoms with Gasteiger partial charge in [-0.1, -0.05) is 17.7 Å². The Morgan fingerprint density at radius 2 is 2.29 bits per heavy atom. The number of thiazole rings is 1. The van der Waals surface area contributed by atoms with Crippen molar-refractivity contribution in [2.45, 2.75) is 6.54 Å². The zero-order valence-corrected chi connectivity index (χ0v) is 8.85. The minimum atomic E-state index is 0.517. The van der Waals surface area contributed by atoms with Crippen LogP contribution in [0.5, 0.6) is 0 Å². The van der Waals surface area contributed by atoms with Crippen LogP contribution in [0.3, 0.4) is 0 Å². The number of pyridine rings is 1. The van der Waals surface area contributed by atoms with Gasteiger partial charge in [0.15, 0.2) is 5.13 Å². The second kappa shape index (κ2) is 4.39. The lowest BCUT2D eigenvalue weighted by Gasteiger charge is -2.01. The second-order valence-corrected chi connectivity index (χ2v) is 3.96. The molecule has 0 aliphatic rings. The van der Waals surface area contributed by atoms with Gasteiger partial charge in [-0.05, 0) is 11.6 Å². The average molecular weight is 226 g/mol. The van der Waals surface area contributed by atoms with E-state index < -0.39 is 0 Å². The van der Waals surface area contributed by atoms with E-state index in [1.54, 1.807) is 29.8 Å². The lowest BCUT2D eigenvalue weighted by Crippen LogP contribution is -1.98. The Morgan fingerprint density at radius 3 is 2.93 bits per heavy atom. The van der Waals surface area contributed by atoms with Crippen LogP contribution in [0.1, 0.15) is 5.56 Å². The minimum Gasteiger partial charge on any atom is -0.357 e. The predicted molar refractivity (Wildman–Crippen MR) is 58.7 cm³/mol. The monoisotopic (exact) mass is 225 g/mol. The summed E-state index contributed by atoms with van der Waals surface area (Å²) in [6.45, 7) is 0.720. The summed E-state index contributed by atoms with van der Waals surface area (Å²) in [6.07, 6.45) is 3.52. The van der Waals surface area contributed by atoms with E-state index in [0.717, 1.165) is 17.2 Å². The molecule has 0 bridgehead atoms. The fourth-order valence-corrected chi connectivity index (χ4v) is 1.64. The molecule has 0 aliphatic carbocycles. The molecule has 2 aromatic rings. The molecule has 0 saturated carbocycles. The molecular weight excluding hydrogens is 218 g/mol. The van der Waals surface area contributed by atoms with Crippen molar-refractivity contribution in [1.29, 1.82) is 0 Å². The average Bonchev–Trinajstić information content (AvgIpc) is 2.70. The summed E-state index contributed by atoms with van der Waals surface area (Å²) in [6, 6.07) is 3.72. The number of halogens is 1. The Hall–Kier alpha value is -1.13. The third kappa shape index (κ3) is 2.43. The van der Waals surface area contributed by atoms with Crippen LogP contribution in [0.25, 0.3) is 0 Å². The van der Waals surface area contributed by atoms with Gasteiger partial charge in [0, 0.05) is 24.3 Å². The molecule has 2 rings (SSSR count). The molecule has 0 saturated heterocycles. The highest BCUT2D eigenvalue weighted by molar-refractivity contribution is 7.13. The third-order valence-corrected chi connectivity index (χ3v) is 2.62. The van der Waals surface area contributed by atoms with Crippen molar-refractivity contribution in [3.05, 3.63) is 40.6 Å². The maximum Gasteiger partial charge on any atom is 0.182 e. The van der Waals surface area contributed by atoms with E-state index >= 15 is 0 Å². The normalized spacial score (nSPS) is 10.1. The number of rotatable bonds is 3. The quantitative estimate of drug-likeness (QED) is 0.817. The van der Waals surface area contributed by atoms with Crippen LogP contribution in [0.4, 0.5) is 5.13 Å². The molecule has 5 heteroatoms. The van der Waals surface area contributed by atoms with E-state index in [0.29, 0.717) is 5.15 Å². The number of anilines is 1. The van der Waals surface area contributed by atoms with Crippen LogP contribution >= 0.6 is 22.9 Å². The van der Waals surface area contributed by atoms with Crippen LogP contribution in [0, 0.1) is 0 Å². The first-order valence-corrected chi connectivity index (χ1v) is 5.34. The molecule has 0 aromatic carbocycles. The zero-order valence-electron chi connectivity index (χ0n) is 7.27. The molecule has 0 aliphatic heterocycles. The zero-order chi connectivity index (χ0) is 9.80. The number of hydrogen-bond acceptors (Lipinski definition) is 4. The van der Waals surface area contributed by atoms with Crippen molar-refractivity contribution >= 4 is 28.1 Å². The summed E-state index contributed by atoms with van der Waals surface area (Å²) in [5, 5.41) is 6.55. The lowest BCUT2D eigenvalue weighted by molar-refractivity contribution is 1.10. The first-order chi connectivity index (χ1) is 6.84. The highest BCUT2D eigenvalue weighted by Crippen LogP contribution is 2.12. The van der Waals surface area contributed by atoms with Crippen molar-refractivity contribution in [3.63, 3.8) is 0 Å². The highest BCUT2D eigenvalue weighted by Gasteiger charge is 1.96. The second-order valence-electron chi connectivity index (χ2n) is 2.68. The van der Waals surface area contributed by atoms with Crippen LogP contribution in [0.2, 0.25) is 5.15 Å². The fourth-order valence-electron chi connectivity index (χ4n) is 0.999. The molecule has 0 fully saturated rings. The molecule has 0 amide bonds. The molecule has 0 atom stereocenters. The molecule has 1 N–H and O–H groups in total. The molecular formula is C9H8ClN3S. The number of hydrogen-bond donors (Lipinski definition) is 1. The Morgan fingerprint density at radius 1 is 1.36 bits per heavy atom. The first-order valence-electron chi connectivity index (χ1n) is 4.08. The summed E-state index contributed by atoms with van der Waals surface area (Å²) >= 11 is 7.25. The Bertz CT molecular complexity index is 385. The largest absolute Gasteiger partial charge is 0.357 e. The topological polar surface area (TPSA) is 37.8 Å². The number of aromatic nitrogens is 2. The van der Waals surface area contributed by atoms with Crippen LogP contribution in [-0.4, -0.2) is 9.97 Å². The predicted octanol–water partition coefficient (Wildman–Crippen LogP) is 2.80. The van der Waals surface area contributed by atoms with Crippen molar-refractivity contribution in [2.75, 3.05) is 5.32 Å². The summed E-state index contributed by atoms with van der Waals surface area (Å²) < 4.78 is 0. The van der Waals surface area contributed by atoms with Gasteiger partial charge in [0.1, 0.15) is 5.15 Å².